The summed E-state index contributed by atoms with van der Waals surface area (Å²) in [5.41, 5.74) is 3.44. The number of benzene rings is 1. The molecule has 0 aliphatic rings. The highest BCUT2D eigenvalue weighted by atomic mass is 16.5. The van der Waals surface area contributed by atoms with Gasteiger partial charge in [0, 0.05) is 11.0 Å². The molecular formula is C19H23N5O2. The molecule has 1 N–H and O–H groups in total. The molecule has 0 bridgehead atoms. The van der Waals surface area contributed by atoms with Crippen molar-refractivity contribution in [3.63, 3.8) is 0 Å². The van der Waals surface area contributed by atoms with E-state index in [1.165, 1.54) is 0 Å². The van der Waals surface area contributed by atoms with Crippen LogP contribution in [0.3, 0.4) is 0 Å². The number of nitrogens with zero attached hydrogens (tertiary/aromatic N) is 5. The molecule has 0 saturated heterocycles. The van der Waals surface area contributed by atoms with E-state index >= 15 is 0 Å². The van der Waals surface area contributed by atoms with Gasteiger partial charge >= 0.3 is 5.95 Å². The van der Waals surface area contributed by atoms with E-state index < -0.39 is 0 Å². The molecule has 0 aliphatic heterocycles. The summed E-state index contributed by atoms with van der Waals surface area (Å²) in [6.07, 6.45) is 0. The molecule has 0 spiro atoms. The zero-order valence-corrected chi connectivity index (χ0v) is 15.7. The van der Waals surface area contributed by atoms with Crippen LogP contribution in [0.5, 0.6) is 5.95 Å². The Morgan fingerprint density at radius 2 is 1.81 bits per heavy atom. The van der Waals surface area contributed by atoms with E-state index in [1.54, 1.807) is 0 Å². The largest absolute Gasteiger partial charge is 0.478 e. The third kappa shape index (κ3) is 3.51. The first-order valence-electron chi connectivity index (χ1n) is 8.46. The number of aromatic nitrogens is 3. The zero-order chi connectivity index (χ0) is 18.9. The standard InChI is InChI=1S/C19H23N5O2/c1-12-13(2)22-24(11-14-9-7-6-8-10-14)17(12)21-20-15-16(19(3,4)5)23-26-18(15)25/h6-10,25H,11H2,1-5H3. The van der Waals surface area contributed by atoms with Crippen molar-refractivity contribution in [3.05, 3.63) is 52.8 Å². The molecule has 0 aliphatic carbocycles. The number of hydrogen-bond donors (Lipinski definition) is 1. The fourth-order valence-corrected chi connectivity index (χ4v) is 2.61. The van der Waals surface area contributed by atoms with Gasteiger partial charge in [0.15, 0.2) is 11.5 Å². The number of azo groups is 1. The molecule has 0 radical (unpaired) electrons. The molecule has 0 unspecified atom stereocenters. The summed E-state index contributed by atoms with van der Waals surface area (Å²) in [5.74, 6) is 0.314. The summed E-state index contributed by atoms with van der Waals surface area (Å²) in [7, 11) is 0. The molecular weight excluding hydrogens is 330 g/mol. The molecule has 0 amide bonds. The van der Waals surface area contributed by atoms with Gasteiger partial charge in [-0.1, -0.05) is 56.3 Å². The lowest BCUT2D eigenvalue weighted by atomic mass is 9.91. The first-order chi connectivity index (χ1) is 12.3. The molecule has 1 aromatic carbocycles. The van der Waals surface area contributed by atoms with Gasteiger partial charge in [-0.15, -0.1) is 10.2 Å². The van der Waals surface area contributed by atoms with Gasteiger partial charge in [0.1, 0.15) is 5.69 Å². The van der Waals surface area contributed by atoms with Crippen LogP contribution in [0.15, 0.2) is 45.1 Å². The van der Waals surface area contributed by atoms with Crippen molar-refractivity contribution in [1.29, 1.82) is 0 Å². The molecule has 2 aromatic heterocycles. The first-order valence-corrected chi connectivity index (χ1v) is 8.46. The van der Waals surface area contributed by atoms with E-state index in [1.807, 2.05) is 69.6 Å². The monoisotopic (exact) mass is 353 g/mol. The van der Waals surface area contributed by atoms with Crippen molar-refractivity contribution in [2.24, 2.45) is 10.2 Å². The Balaban J connectivity index is 1.98. The molecule has 3 aromatic rings. The van der Waals surface area contributed by atoms with E-state index in [9.17, 15) is 5.11 Å². The fourth-order valence-electron chi connectivity index (χ4n) is 2.61. The normalized spacial score (nSPS) is 12.2. The third-order valence-corrected chi connectivity index (χ3v) is 4.17. The molecule has 0 saturated carbocycles. The van der Waals surface area contributed by atoms with E-state index in [2.05, 4.69) is 20.5 Å². The molecule has 7 heteroatoms. The quantitative estimate of drug-likeness (QED) is 0.672. The Morgan fingerprint density at radius 3 is 2.46 bits per heavy atom. The third-order valence-electron chi connectivity index (χ3n) is 4.17. The highest BCUT2D eigenvalue weighted by Crippen LogP contribution is 2.38. The summed E-state index contributed by atoms with van der Waals surface area (Å²) < 4.78 is 6.71. The molecule has 3 rings (SSSR count). The minimum atomic E-state index is -0.331. The van der Waals surface area contributed by atoms with Crippen molar-refractivity contribution in [2.75, 3.05) is 0 Å². The van der Waals surface area contributed by atoms with Crippen molar-refractivity contribution < 1.29 is 9.63 Å². The predicted molar refractivity (Wildman–Crippen MR) is 98.3 cm³/mol. The van der Waals surface area contributed by atoms with Crippen molar-refractivity contribution >= 4 is 11.5 Å². The lowest BCUT2D eigenvalue weighted by Crippen LogP contribution is -2.11. The Morgan fingerprint density at radius 1 is 1.12 bits per heavy atom. The summed E-state index contributed by atoms with van der Waals surface area (Å²) >= 11 is 0. The van der Waals surface area contributed by atoms with E-state index in [0.717, 1.165) is 16.8 Å². The topological polar surface area (TPSA) is 88.8 Å². The van der Waals surface area contributed by atoms with Crippen LogP contribution in [-0.2, 0) is 12.0 Å². The fraction of sp³-hybridized carbons (Fsp3) is 0.368. The smallest absolute Gasteiger partial charge is 0.337 e. The Hall–Kier alpha value is -2.96. The van der Waals surface area contributed by atoms with Crippen LogP contribution in [-0.4, -0.2) is 20.0 Å². The van der Waals surface area contributed by atoms with E-state index in [4.69, 9.17) is 4.52 Å². The van der Waals surface area contributed by atoms with Gasteiger partial charge in [0.2, 0.25) is 0 Å². The molecule has 136 valence electrons. The highest BCUT2D eigenvalue weighted by molar-refractivity contribution is 5.52. The zero-order valence-electron chi connectivity index (χ0n) is 15.7. The van der Waals surface area contributed by atoms with Gasteiger partial charge in [-0.05, 0) is 19.4 Å². The van der Waals surface area contributed by atoms with Crippen LogP contribution in [0.25, 0.3) is 0 Å². The van der Waals surface area contributed by atoms with Crippen LogP contribution in [0.4, 0.5) is 11.5 Å². The summed E-state index contributed by atoms with van der Waals surface area (Å²) in [6, 6.07) is 10.0. The van der Waals surface area contributed by atoms with E-state index in [-0.39, 0.29) is 17.0 Å². The number of hydrogen-bond acceptors (Lipinski definition) is 6. The summed E-state index contributed by atoms with van der Waals surface area (Å²) in [4.78, 5) is 0. The number of aryl methyl sites for hydroxylation is 1. The van der Waals surface area contributed by atoms with E-state index in [0.29, 0.717) is 18.1 Å². The molecule has 7 nitrogen and oxygen atoms in total. The minimum absolute atomic E-state index is 0.252. The minimum Gasteiger partial charge on any atom is -0.478 e. The second-order valence-electron chi connectivity index (χ2n) is 7.31. The van der Waals surface area contributed by atoms with Crippen LogP contribution in [0.2, 0.25) is 0 Å². The van der Waals surface area contributed by atoms with Gasteiger partial charge in [0.05, 0.1) is 12.2 Å². The van der Waals surface area contributed by atoms with Gasteiger partial charge in [-0.2, -0.15) is 5.10 Å². The lowest BCUT2D eigenvalue weighted by Gasteiger charge is -2.13. The van der Waals surface area contributed by atoms with Gasteiger partial charge in [0.25, 0.3) is 0 Å². The maximum absolute atomic E-state index is 9.95. The summed E-state index contributed by atoms with van der Waals surface area (Å²) in [6.45, 7) is 10.4. The molecule has 26 heavy (non-hydrogen) atoms. The molecule has 0 fully saturated rings. The number of rotatable bonds is 4. The van der Waals surface area contributed by atoms with Crippen molar-refractivity contribution in [2.45, 2.75) is 46.6 Å². The van der Waals surface area contributed by atoms with Crippen LogP contribution in [0, 0.1) is 13.8 Å². The predicted octanol–water partition coefficient (Wildman–Crippen LogP) is 4.95. The van der Waals surface area contributed by atoms with Crippen LogP contribution < -0.4 is 0 Å². The maximum Gasteiger partial charge on any atom is 0.337 e. The SMILES string of the molecule is Cc1nn(Cc2ccccc2)c(N=Nc2c(C(C)(C)C)noc2O)c1C. The Kier molecular flexibility index (Phi) is 4.63. The van der Waals surface area contributed by atoms with Gasteiger partial charge < -0.3 is 9.63 Å². The average molecular weight is 353 g/mol. The Bertz CT molecular complexity index is 933. The van der Waals surface area contributed by atoms with Crippen molar-refractivity contribution in [1.82, 2.24) is 14.9 Å². The lowest BCUT2D eigenvalue weighted by molar-refractivity contribution is 0.273. The Labute approximate surface area is 152 Å². The second kappa shape index (κ2) is 6.74. The van der Waals surface area contributed by atoms with Crippen molar-refractivity contribution in [3.8, 4) is 5.95 Å². The second-order valence-corrected chi connectivity index (χ2v) is 7.31. The molecule has 0 atom stereocenters. The summed E-state index contributed by atoms with van der Waals surface area (Å²) in [5, 5.41) is 27.0. The number of aromatic hydroxyl groups is 1. The van der Waals surface area contributed by atoms with Gasteiger partial charge in [-0.25, -0.2) is 4.68 Å². The average Bonchev–Trinajstić information content (AvgIpc) is 3.07. The maximum atomic E-state index is 9.95. The first kappa shape index (κ1) is 17.8. The van der Waals surface area contributed by atoms with Crippen LogP contribution in [0.1, 0.15) is 43.3 Å². The van der Waals surface area contributed by atoms with Crippen LogP contribution >= 0.6 is 0 Å². The van der Waals surface area contributed by atoms with Gasteiger partial charge in [-0.3, -0.25) is 0 Å². The molecule has 2 heterocycles. The highest BCUT2D eigenvalue weighted by Gasteiger charge is 2.26.